The van der Waals surface area contributed by atoms with Crippen LogP contribution in [0, 0.1) is 12.7 Å². The number of amides is 1. The SMILES string of the molecule is COc1ccc(N(C)C(=O)c2nnn(C3CCNCC3)c2C)cc1F.Cl. The monoisotopic (exact) mass is 383 g/mol. The minimum absolute atomic E-state index is 0. The van der Waals surface area contributed by atoms with Gasteiger partial charge >= 0.3 is 0 Å². The first kappa shape index (κ1) is 20.1. The number of nitrogens with one attached hydrogen (secondary N) is 1. The van der Waals surface area contributed by atoms with Crippen LogP contribution in [0.3, 0.4) is 0 Å². The van der Waals surface area contributed by atoms with E-state index in [1.54, 1.807) is 13.1 Å². The zero-order valence-electron chi connectivity index (χ0n) is 15.0. The third kappa shape index (κ3) is 3.81. The van der Waals surface area contributed by atoms with Gasteiger partial charge in [-0.3, -0.25) is 4.79 Å². The Labute approximate surface area is 157 Å². The van der Waals surface area contributed by atoms with E-state index in [0.717, 1.165) is 31.6 Å². The lowest BCUT2D eigenvalue weighted by Crippen LogP contribution is -2.31. The molecule has 1 aliphatic rings. The molecule has 142 valence electrons. The summed E-state index contributed by atoms with van der Waals surface area (Å²) in [5, 5.41) is 11.6. The number of anilines is 1. The molecule has 1 N–H and O–H groups in total. The van der Waals surface area contributed by atoms with Crippen molar-refractivity contribution >= 4 is 24.0 Å². The molecule has 0 spiro atoms. The van der Waals surface area contributed by atoms with Crippen LogP contribution in [0.5, 0.6) is 5.75 Å². The van der Waals surface area contributed by atoms with E-state index in [9.17, 15) is 9.18 Å². The number of benzene rings is 1. The Hall–Kier alpha value is -2.19. The molecule has 2 aromatic rings. The van der Waals surface area contributed by atoms with Gasteiger partial charge in [0.25, 0.3) is 5.91 Å². The lowest BCUT2D eigenvalue weighted by Gasteiger charge is -2.23. The van der Waals surface area contributed by atoms with Crippen LogP contribution < -0.4 is 15.0 Å². The first-order chi connectivity index (χ1) is 12.0. The third-order valence-corrected chi connectivity index (χ3v) is 4.61. The van der Waals surface area contributed by atoms with Gasteiger partial charge in [0, 0.05) is 18.8 Å². The molecule has 9 heteroatoms. The zero-order chi connectivity index (χ0) is 18.0. The summed E-state index contributed by atoms with van der Waals surface area (Å²) in [6.45, 7) is 3.70. The lowest BCUT2D eigenvalue weighted by molar-refractivity contribution is 0.0987. The van der Waals surface area contributed by atoms with Crippen LogP contribution in [0.25, 0.3) is 0 Å². The van der Waals surface area contributed by atoms with Crippen LogP contribution in [0.4, 0.5) is 10.1 Å². The van der Waals surface area contributed by atoms with Crippen molar-refractivity contribution in [1.29, 1.82) is 0 Å². The number of carbonyl (C=O) groups excluding carboxylic acids is 1. The lowest BCUT2D eigenvalue weighted by atomic mass is 10.1. The van der Waals surface area contributed by atoms with Crippen molar-refractivity contribution in [1.82, 2.24) is 20.3 Å². The maximum Gasteiger partial charge on any atom is 0.280 e. The molecule has 26 heavy (non-hydrogen) atoms. The summed E-state index contributed by atoms with van der Waals surface area (Å²) in [5.74, 6) is -0.699. The van der Waals surface area contributed by atoms with Crippen LogP contribution in [0.1, 0.15) is 35.1 Å². The fraction of sp³-hybridized carbons (Fsp3) is 0.471. The predicted octanol–water partition coefficient (Wildman–Crippen LogP) is 2.36. The van der Waals surface area contributed by atoms with E-state index in [1.165, 1.54) is 24.1 Å². The molecular weight excluding hydrogens is 361 g/mol. The van der Waals surface area contributed by atoms with Crippen LogP contribution >= 0.6 is 12.4 Å². The minimum atomic E-state index is -0.519. The van der Waals surface area contributed by atoms with Gasteiger partial charge in [0.05, 0.1) is 18.8 Å². The quantitative estimate of drug-likeness (QED) is 0.877. The molecule has 0 unspecified atom stereocenters. The number of rotatable bonds is 4. The molecule has 2 heterocycles. The maximum absolute atomic E-state index is 13.9. The Balaban J connectivity index is 0.00000243. The second-order valence-electron chi connectivity index (χ2n) is 6.13. The summed E-state index contributed by atoms with van der Waals surface area (Å²) in [7, 11) is 2.99. The molecular formula is C17H23ClFN5O2. The Morgan fingerprint density at radius 1 is 1.38 bits per heavy atom. The normalized spacial score (nSPS) is 14.6. The third-order valence-electron chi connectivity index (χ3n) is 4.61. The molecule has 1 aromatic heterocycles. The molecule has 1 amide bonds. The number of hydrogen-bond donors (Lipinski definition) is 1. The molecule has 0 bridgehead atoms. The van der Waals surface area contributed by atoms with Crippen molar-refractivity contribution in [2.24, 2.45) is 0 Å². The van der Waals surface area contributed by atoms with Crippen LogP contribution in [-0.2, 0) is 0 Å². The van der Waals surface area contributed by atoms with Crippen molar-refractivity contribution in [2.45, 2.75) is 25.8 Å². The molecule has 1 fully saturated rings. The Bertz CT molecular complexity index is 777. The Kier molecular flexibility index (Phi) is 6.55. The fourth-order valence-electron chi connectivity index (χ4n) is 3.08. The minimum Gasteiger partial charge on any atom is -0.494 e. The number of halogens is 2. The highest BCUT2D eigenvalue weighted by molar-refractivity contribution is 6.05. The summed E-state index contributed by atoms with van der Waals surface area (Å²) in [6.07, 6.45) is 1.91. The van der Waals surface area contributed by atoms with Gasteiger partial charge in [-0.15, -0.1) is 17.5 Å². The first-order valence-corrected chi connectivity index (χ1v) is 8.27. The van der Waals surface area contributed by atoms with Gasteiger partial charge in [0.15, 0.2) is 17.3 Å². The molecule has 0 radical (unpaired) electrons. The van der Waals surface area contributed by atoms with E-state index in [0.29, 0.717) is 5.69 Å². The molecule has 1 saturated heterocycles. The van der Waals surface area contributed by atoms with Gasteiger partial charge in [-0.05, 0) is 45.0 Å². The van der Waals surface area contributed by atoms with Gasteiger partial charge in [0.1, 0.15) is 0 Å². The van der Waals surface area contributed by atoms with Gasteiger partial charge in [-0.2, -0.15) is 0 Å². The van der Waals surface area contributed by atoms with Gasteiger partial charge in [0.2, 0.25) is 0 Å². The molecule has 0 atom stereocenters. The molecule has 3 rings (SSSR count). The van der Waals surface area contributed by atoms with Crippen molar-refractivity contribution < 1.29 is 13.9 Å². The van der Waals surface area contributed by atoms with Crippen LogP contribution in [0.15, 0.2) is 18.2 Å². The largest absolute Gasteiger partial charge is 0.494 e. The molecule has 0 aliphatic carbocycles. The van der Waals surface area contributed by atoms with Crippen LogP contribution in [0.2, 0.25) is 0 Å². The number of carbonyl (C=O) groups is 1. The first-order valence-electron chi connectivity index (χ1n) is 8.27. The number of methoxy groups -OCH3 is 1. The smallest absolute Gasteiger partial charge is 0.280 e. The highest BCUT2D eigenvalue weighted by Crippen LogP contribution is 2.25. The average Bonchev–Trinajstić information content (AvgIpc) is 3.02. The van der Waals surface area contributed by atoms with E-state index < -0.39 is 5.82 Å². The zero-order valence-corrected chi connectivity index (χ0v) is 15.8. The van der Waals surface area contributed by atoms with Crippen molar-refractivity contribution in [3.8, 4) is 5.75 Å². The molecule has 1 aliphatic heterocycles. The summed E-state index contributed by atoms with van der Waals surface area (Å²) in [5.41, 5.74) is 1.45. The van der Waals surface area contributed by atoms with Gasteiger partial charge in [-0.25, -0.2) is 9.07 Å². The van der Waals surface area contributed by atoms with Crippen molar-refractivity contribution in [3.05, 3.63) is 35.4 Å². The number of hydrogen-bond acceptors (Lipinski definition) is 5. The predicted molar refractivity (Wildman–Crippen MR) is 98.8 cm³/mol. The van der Waals surface area contributed by atoms with Crippen molar-refractivity contribution in [3.63, 3.8) is 0 Å². The van der Waals surface area contributed by atoms with Crippen LogP contribution in [-0.4, -0.2) is 48.1 Å². The van der Waals surface area contributed by atoms with Crippen molar-refractivity contribution in [2.75, 3.05) is 32.1 Å². The van der Waals surface area contributed by atoms with E-state index >= 15 is 0 Å². The highest BCUT2D eigenvalue weighted by atomic mass is 35.5. The van der Waals surface area contributed by atoms with Gasteiger partial charge in [-0.1, -0.05) is 5.21 Å². The summed E-state index contributed by atoms with van der Waals surface area (Å²) in [6, 6.07) is 4.64. The average molecular weight is 384 g/mol. The second-order valence-corrected chi connectivity index (χ2v) is 6.13. The number of piperidine rings is 1. The van der Waals surface area contributed by atoms with E-state index in [4.69, 9.17) is 4.74 Å². The van der Waals surface area contributed by atoms with E-state index in [-0.39, 0.29) is 35.8 Å². The van der Waals surface area contributed by atoms with Gasteiger partial charge < -0.3 is 15.0 Å². The number of aromatic nitrogens is 3. The number of ether oxygens (including phenoxy) is 1. The summed E-state index contributed by atoms with van der Waals surface area (Å²) < 4.78 is 20.6. The summed E-state index contributed by atoms with van der Waals surface area (Å²) in [4.78, 5) is 14.1. The summed E-state index contributed by atoms with van der Waals surface area (Å²) >= 11 is 0. The molecule has 1 aromatic carbocycles. The molecule has 7 nitrogen and oxygen atoms in total. The Morgan fingerprint density at radius 3 is 2.69 bits per heavy atom. The van der Waals surface area contributed by atoms with E-state index in [2.05, 4.69) is 15.6 Å². The molecule has 0 saturated carbocycles. The number of nitrogens with zero attached hydrogens (tertiary/aromatic N) is 4. The topological polar surface area (TPSA) is 72.3 Å². The highest BCUT2D eigenvalue weighted by Gasteiger charge is 2.25. The maximum atomic E-state index is 13.9. The Morgan fingerprint density at radius 2 is 2.08 bits per heavy atom. The standard InChI is InChI=1S/C17H22FN5O2.ClH/c1-11-16(20-21-23(11)12-6-8-19-9-7-12)17(24)22(2)13-4-5-15(25-3)14(18)10-13;/h4-5,10,12,19H,6-9H2,1-3H3;1H. The fourth-order valence-corrected chi connectivity index (χ4v) is 3.08. The van der Waals surface area contributed by atoms with E-state index in [1.807, 2.05) is 11.6 Å². The second kappa shape index (κ2) is 8.46.